The molecular weight excluding hydrogens is 190 g/mol. The topological polar surface area (TPSA) is 37.3 Å². The lowest BCUT2D eigenvalue weighted by Gasteiger charge is -2.02. The first-order valence-electron chi connectivity index (χ1n) is 3.87. The van der Waals surface area contributed by atoms with Crippen molar-refractivity contribution in [1.29, 1.82) is 0 Å². The molecule has 0 atom stereocenters. The smallest absolute Gasteiger partial charge is 0.328 e. The molecule has 0 amide bonds. The van der Waals surface area contributed by atoms with Gasteiger partial charge in [0.1, 0.15) is 11.6 Å². The van der Waals surface area contributed by atoms with Crippen LogP contribution in [-0.2, 0) is 4.79 Å². The summed E-state index contributed by atoms with van der Waals surface area (Å²) in [6, 6.07) is 2.90. The van der Waals surface area contributed by atoms with Crippen LogP contribution in [0.15, 0.2) is 24.3 Å². The van der Waals surface area contributed by atoms with Gasteiger partial charge in [0.2, 0.25) is 0 Å². The van der Waals surface area contributed by atoms with Crippen LogP contribution in [0.2, 0.25) is 0 Å². The van der Waals surface area contributed by atoms with Crippen LogP contribution in [0, 0.1) is 11.6 Å². The molecule has 0 unspecified atom stereocenters. The van der Waals surface area contributed by atoms with Crippen LogP contribution in [0.5, 0.6) is 0 Å². The Morgan fingerprint density at radius 3 is 2.64 bits per heavy atom. The maximum absolute atomic E-state index is 13.1. The maximum Gasteiger partial charge on any atom is 0.328 e. The standard InChI is InChI=1S/C10H8F2O2/c1-6(4-10(13)14)8-5-7(11)2-3-9(8)12/h2-5H,1H3,(H,13,14)/b6-4-. The lowest BCUT2D eigenvalue weighted by Crippen LogP contribution is -1.93. The molecule has 0 saturated carbocycles. The summed E-state index contributed by atoms with van der Waals surface area (Å²) >= 11 is 0. The molecule has 0 heterocycles. The van der Waals surface area contributed by atoms with Crippen molar-refractivity contribution in [2.75, 3.05) is 0 Å². The van der Waals surface area contributed by atoms with Crippen LogP contribution in [0.4, 0.5) is 8.78 Å². The lowest BCUT2D eigenvalue weighted by molar-refractivity contribution is -0.131. The van der Waals surface area contributed by atoms with Crippen molar-refractivity contribution >= 4 is 11.5 Å². The Morgan fingerprint density at radius 1 is 1.43 bits per heavy atom. The van der Waals surface area contributed by atoms with Gasteiger partial charge in [-0.2, -0.15) is 0 Å². The van der Waals surface area contributed by atoms with Gasteiger partial charge in [-0.25, -0.2) is 13.6 Å². The normalized spacial score (nSPS) is 11.5. The van der Waals surface area contributed by atoms with Crippen molar-refractivity contribution in [2.24, 2.45) is 0 Å². The van der Waals surface area contributed by atoms with Crippen LogP contribution < -0.4 is 0 Å². The minimum absolute atomic E-state index is 0.0348. The minimum atomic E-state index is -1.19. The number of rotatable bonds is 2. The molecule has 0 aromatic heterocycles. The first kappa shape index (κ1) is 10.4. The molecule has 0 aliphatic heterocycles. The molecule has 74 valence electrons. The molecule has 1 aromatic rings. The van der Waals surface area contributed by atoms with Gasteiger partial charge in [0.25, 0.3) is 0 Å². The Hall–Kier alpha value is -1.71. The molecule has 0 bridgehead atoms. The Morgan fingerprint density at radius 2 is 2.07 bits per heavy atom. The van der Waals surface area contributed by atoms with Gasteiger partial charge in [0, 0.05) is 11.6 Å². The molecule has 1 aromatic carbocycles. The number of allylic oxidation sites excluding steroid dienone is 1. The third-order valence-electron chi connectivity index (χ3n) is 1.69. The predicted molar refractivity (Wildman–Crippen MR) is 47.6 cm³/mol. The third-order valence-corrected chi connectivity index (χ3v) is 1.69. The van der Waals surface area contributed by atoms with Gasteiger partial charge in [0.15, 0.2) is 0 Å². The average molecular weight is 198 g/mol. The highest BCUT2D eigenvalue weighted by molar-refractivity contribution is 5.89. The molecule has 0 aliphatic rings. The van der Waals surface area contributed by atoms with E-state index in [2.05, 4.69) is 0 Å². The van der Waals surface area contributed by atoms with Gasteiger partial charge in [-0.05, 0) is 30.7 Å². The highest BCUT2D eigenvalue weighted by atomic mass is 19.1. The first-order valence-corrected chi connectivity index (χ1v) is 3.87. The van der Waals surface area contributed by atoms with Crippen molar-refractivity contribution in [1.82, 2.24) is 0 Å². The van der Waals surface area contributed by atoms with E-state index in [9.17, 15) is 13.6 Å². The Kier molecular flexibility index (Phi) is 2.96. The molecular formula is C10H8F2O2. The Labute approximate surface area is 79.5 Å². The van der Waals surface area contributed by atoms with E-state index in [-0.39, 0.29) is 11.1 Å². The minimum Gasteiger partial charge on any atom is -0.478 e. The van der Waals surface area contributed by atoms with Crippen molar-refractivity contribution < 1.29 is 18.7 Å². The Balaban J connectivity index is 3.18. The molecule has 0 radical (unpaired) electrons. The van der Waals surface area contributed by atoms with Crippen molar-refractivity contribution in [2.45, 2.75) is 6.92 Å². The van der Waals surface area contributed by atoms with E-state index in [0.717, 1.165) is 24.3 Å². The molecule has 4 heteroatoms. The number of aliphatic carboxylic acids is 1. The summed E-state index contributed by atoms with van der Waals surface area (Å²) in [5.74, 6) is -2.42. The predicted octanol–water partition coefficient (Wildman–Crippen LogP) is 2.45. The summed E-state index contributed by atoms with van der Waals surface area (Å²) < 4.78 is 25.8. The zero-order chi connectivity index (χ0) is 10.7. The second-order valence-corrected chi connectivity index (χ2v) is 2.79. The lowest BCUT2D eigenvalue weighted by atomic mass is 10.1. The van der Waals surface area contributed by atoms with Gasteiger partial charge < -0.3 is 5.11 Å². The fourth-order valence-corrected chi connectivity index (χ4v) is 1.06. The highest BCUT2D eigenvalue weighted by Gasteiger charge is 2.06. The number of carbonyl (C=O) groups is 1. The van der Waals surface area contributed by atoms with Crippen molar-refractivity contribution in [3.63, 3.8) is 0 Å². The summed E-state index contributed by atoms with van der Waals surface area (Å²) in [4.78, 5) is 10.3. The second-order valence-electron chi connectivity index (χ2n) is 2.79. The van der Waals surface area contributed by atoms with E-state index in [1.54, 1.807) is 0 Å². The Bertz CT molecular complexity index is 397. The van der Waals surface area contributed by atoms with Crippen molar-refractivity contribution in [3.05, 3.63) is 41.5 Å². The molecule has 0 fully saturated rings. The number of hydrogen-bond donors (Lipinski definition) is 1. The van der Waals surface area contributed by atoms with Gasteiger partial charge >= 0.3 is 5.97 Å². The fraction of sp³-hybridized carbons (Fsp3) is 0.100. The molecule has 14 heavy (non-hydrogen) atoms. The summed E-state index contributed by atoms with van der Waals surface area (Å²) in [5.41, 5.74) is 0.141. The summed E-state index contributed by atoms with van der Waals surface area (Å²) in [6.07, 6.45) is 0.831. The number of halogens is 2. The molecule has 0 saturated heterocycles. The summed E-state index contributed by atoms with van der Waals surface area (Å²) in [7, 11) is 0. The van der Waals surface area contributed by atoms with Gasteiger partial charge in [-0.15, -0.1) is 0 Å². The summed E-state index contributed by atoms with van der Waals surface area (Å²) in [6.45, 7) is 1.41. The van der Waals surface area contributed by atoms with E-state index in [0.29, 0.717) is 0 Å². The highest BCUT2D eigenvalue weighted by Crippen LogP contribution is 2.18. The summed E-state index contributed by atoms with van der Waals surface area (Å²) in [5, 5.41) is 8.41. The molecule has 0 aliphatic carbocycles. The number of carboxylic acids is 1. The van der Waals surface area contributed by atoms with Crippen LogP contribution in [-0.4, -0.2) is 11.1 Å². The molecule has 1 rings (SSSR count). The fourth-order valence-electron chi connectivity index (χ4n) is 1.06. The second kappa shape index (κ2) is 4.00. The molecule has 1 N–H and O–H groups in total. The van der Waals surface area contributed by atoms with Crippen molar-refractivity contribution in [3.8, 4) is 0 Å². The van der Waals surface area contributed by atoms with Crippen LogP contribution in [0.3, 0.4) is 0 Å². The van der Waals surface area contributed by atoms with E-state index in [1.807, 2.05) is 0 Å². The zero-order valence-electron chi connectivity index (χ0n) is 7.42. The third kappa shape index (κ3) is 2.39. The van der Waals surface area contributed by atoms with Crippen LogP contribution in [0.1, 0.15) is 12.5 Å². The maximum atomic E-state index is 13.1. The monoisotopic (exact) mass is 198 g/mol. The number of benzene rings is 1. The van der Waals surface area contributed by atoms with Gasteiger partial charge in [0.05, 0.1) is 0 Å². The zero-order valence-corrected chi connectivity index (χ0v) is 7.42. The van der Waals surface area contributed by atoms with Crippen LogP contribution >= 0.6 is 0 Å². The van der Waals surface area contributed by atoms with E-state index >= 15 is 0 Å². The first-order chi connectivity index (χ1) is 6.50. The quantitative estimate of drug-likeness (QED) is 0.741. The number of carboxylic acid groups (broad SMARTS) is 1. The van der Waals surface area contributed by atoms with Gasteiger partial charge in [-0.3, -0.25) is 0 Å². The number of hydrogen-bond acceptors (Lipinski definition) is 1. The molecule has 0 spiro atoms. The average Bonchev–Trinajstić information content (AvgIpc) is 2.08. The van der Waals surface area contributed by atoms with E-state index in [1.165, 1.54) is 6.92 Å². The van der Waals surface area contributed by atoms with Crippen LogP contribution in [0.25, 0.3) is 5.57 Å². The SMILES string of the molecule is C/C(=C/C(=O)O)c1cc(F)ccc1F. The van der Waals surface area contributed by atoms with Gasteiger partial charge in [-0.1, -0.05) is 0 Å². The van der Waals surface area contributed by atoms with E-state index < -0.39 is 17.6 Å². The molecule has 2 nitrogen and oxygen atoms in total. The largest absolute Gasteiger partial charge is 0.478 e. The van der Waals surface area contributed by atoms with E-state index in [4.69, 9.17) is 5.11 Å².